The van der Waals surface area contributed by atoms with E-state index in [1.165, 1.54) is 44.4 Å². The van der Waals surface area contributed by atoms with Crippen LogP contribution in [-0.2, 0) is 4.79 Å². The number of fused-ring (bicyclic) bond motifs is 2. The van der Waals surface area contributed by atoms with Crippen LogP contribution in [-0.4, -0.2) is 33.5 Å². The summed E-state index contributed by atoms with van der Waals surface area (Å²) in [6.07, 6.45) is 5.31. The van der Waals surface area contributed by atoms with Gasteiger partial charge in [0.25, 0.3) is 0 Å². The topological polar surface area (TPSA) is 72.0 Å². The van der Waals surface area contributed by atoms with E-state index in [0.717, 1.165) is 11.8 Å². The van der Waals surface area contributed by atoms with Gasteiger partial charge in [0.15, 0.2) is 5.78 Å². The molecule has 4 atom stereocenters. The van der Waals surface area contributed by atoms with Crippen molar-refractivity contribution in [1.29, 1.82) is 0 Å². The molecule has 2 aliphatic rings. The van der Waals surface area contributed by atoms with Gasteiger partial charge in [-0.2, -0.15) is 0 Å². The minimum atomic E-state index is -0.0595. The van der Waals surface area contributed by atoms with E-state index in [2.05, 4.69) is 22.2 Å². The van der Waals surface area contributed by atoms with E-state index in [4.69, 9.17) is 0 Å². The first-order chi connectivity index (χ1) is 11.8. The van der Waals surface area contributed by atoms with Gasteiger partial charge in [0, 0.05) is 6.04 Å². The van der Waals surface area contributed by atoms with Crippen molar-refractivity contribution in [2.45, 2.75) is 64.4 Å². The molecule has 0 unspecified atom stereocenters. The van der Waals surface area contributed by atoms with Gasteiger partial charge in [0.1, 0.15) is 10.9 Å². The second-order valence-electron chi connectivity index (χ2n) is 7.58. The lowest BCUT2D eigenvalue weighted by atomic mass is 9.84. The number of nitrogens with one attached hydrogen (secondary N) is 1. The summed E-state index contributed by atoms with van der Waals surface area (Å²) in [7, 11) is 0. The van der Waals surface area contributed by atoms with E-state index in [-0.39, 0.29) is 23.5 Å². The van der Waals surface area contributed by atoms with Gasteiger partial charge in [-0.05, 0) is 64.7 Å². The van der Waals surface area contributed by atoms with Gasteiger partial charge in [-0.25, -0.2) is 9.97 Å². The predicted molar refractivity (Wildman–Crippen MR) is 98.8 cm³/mol. The van der Waals surface area contributed by atoms with E-state index >= 15 is 0 Å². The maximum absolute atomic E-state index is 12.4. The molecule has 0 aromatic carbocycles. The molecule has 2 fully saturated rings. The Morgan fingerprint density at radius 2 is 2.00 bits per heavy atom. The van der Waals surface area contributed by atoms with Crippen LogP contribution < -0.4 is 5.32 Å². The average molecular weight is 362 g/mol. The first-order valence-electron chi connectivity index (χ1n) is 9.13. The molecule has 1 N–H and O–H groups in total. The maximum atomic E-state index is 12.4. The summed E-state index contributed by atoms with van der Waals surface area (Å²) >= 11 is 1.33. The van der Waals surface area contributed by atoms with Crippen LogP contribution in [0, 0.1) is 31.6 Å². The zero-order valence-electron chi connectivity index (χ0n) is 15.5. The van der Waals surface area contributed by atoms with Gasteiger partial charge >= 0.3 is 0 Å². The largest absolute Gasteiger partial charge is 0.353 e. The molecule has 1 aromatic heterocycles. The fourth-order valence-corrected chi connectivity index (χ4v) is 5.62. The number of ketones is 1. The molecule has 2 bridgehead atoms. The van der Waals surface area contributed by atoms with Crippen molar-refractivity contribution in [3.63, 3.8) is 0 Å². The van der Waals surface area contributed by atoms with Crippen molar-refractivity contribution in [2.24, 2.45) is 17.8 Å². The summed E-state index contributed by atoms with van der Waals surface area (Å²) in [5.41, 5.74) is 1.21. The molecular weight excluding hydrogens is 334 g/mol. The number of carbonyl (C=O) groups excluding carboxylic acids is 2. The Hall–Kier alpha value is -1.43. The third-order valence-electron chi connectivity index (χ3n) is 5.68. The monoisotopic (exact) mass is 361 g/mol. The number of thioether (sulfide) groups is 1. The number of rotatable bonds is 6. The molecule has 1 amide bonds. The maximum Gasteiger partial charge on any atom is 0.230 e. The molecule has 0 radical (unpaired) electrons. The van der Waals surface area contributed by atoms with Crippen LogP contribution in [0.1, 0.15) is 61.4 Å². The van der Waals surface area contributed by atoms with Crippen LogP contribution >= 0.6 is 11.8 Å². The molecule has 0 aliphatic heterocycles. The third kappa shape index (κ3) is 4.05. The molecule has 25 heavy (non-hydrogen) atoms. The fourth-order valence-electron chi connectivity index (χ4n) is 4.63. The lowest BCUT2D eigenvalue weighted by Gasteiger charge is -2.28. The number of aromatic nitrogens is 2. The van der Waals surface area contributed by atoms with Crippen molar-refractivity contribution < 1.29 is 9.59 Å². The Morgan fingerprint density at radius 3 is 2.60 bits per heavy atom. The van der Waals surface area contributed by atoms with Gasteiger partial charge in [0.05, 0.1) is 17.0 Å². The van der Waals surface area contributed by atoms with E-state index in [9.17, 15) is 9.59 Å². The van der Waals surface area contributed by atoms with Crippen molar-refractivity contribution in [2.75, 3.05) is 5.75 Å². The molecule has 2 aliphatic carbocycles. The molecule has 0 saturated heterocycles. The van der Waals surface area contributed by atoms with Gasteiger partial charge in [-0.15, -0.1) is 0 Å². The van der Waals surface area contributed by atoms with Gasteiger partial charge in [-0.3, -0.25) is 9.59 Å². The third-order valence-corrected chi connectivity index (χ3v) is 6.66. The normalized spacial score (nSPS) is 25.8. The number of nitrogens with zero attached hydrogens (tertiary/aromatic N) is 2. The second-order valence-corrected chi connectivity index (χ2v) is 8.54. The predicted octanol–water partition coefficient (Wildman–Crippen LogP) is 3.33. The van der Waals surface area contributed by atoms with Crippen molar-refractivity contribution >= 4 is 23.5 Å². The Labute approximate surface area is 153 Å². The minimum Gasteiger partial charge on any atom is -0.353 e. The van der Waals surface area contributed by atoms with Crippen LogP contribution in [0.4, 0.5) is 0 Å². The number of hydrogen-bond donors (Lipinski definition) is 1. The quantitative estimate of drug-likeness (QED) is 0.478. The van der Waals surface area contributed by atoms with Crippen LogP contribution in [0.5, 0.6) is 0 Å². The average Bonchev–Trinajstić information content (AvgIpc) is 3.14. The summed E-state index contributed by atoms with van der Waals surface area (Å²) < 4.78 is 0. The van der Waals surface area contributed by atoms with Crippen LogP contribution in [0.15, 0.2) is 5.03 Å². The van der Waals surface area contributed by atoms with E-state index in [1.807, 2.05) is 6.92 Å². The summed E-state index contributed by atoms with van der Waals surface area (Å²) in [5, 5.41) is 3.78. The van der Waals surface area contributed by atoms with E-state index in [0.29, 0.717) is 28.0 Å². The van der Waals surface area contributed by atoms with Crippen molar-refractivity contribution in [3.8, 4) is 0 Å². The number of aryl methyl sites for hydroxylation is 2. The molecule has 3 rings (SSSR count). The number of Topliss-reactive ketones (excluding diaryl/α,β-unsaturated/α-hetero) is 1. The molecule has 6 heteroatoms. The molecular formula is C19H27N3O2S. The first-order valence-corrected chi connectivity index (χ1v) is 10.1. The summed E-state index contributed by atoms with van der Waals surface area (Å²) in [5.74, 6) is 3.17. The highest BCUT2D eigenvalue weighted by molar-refractivity contribution is 8.00. The van der Waals surface area contributed by atoms with Crippen molar-refractivity contribution in [3.05, 3.63) is 17.1 Å². The SMILES string of the molecule is CC(=O)c1c(C)nc(C)nc1SCC(=O)N[C@H](C)[C@@H]1C[C@H]2CC[C@H]1C2. The molecule has 5 nitrogen and oxygen atoms in total. The molecule has 1 aromatic rings. The van der Waals surface area contributed by atoms with Crippen LogP contribution in [0.3, 0.4) is 0 Å². The Kier molecular flexibility index (Phi) is 5.46. The molecule has 136 valence electrons. The van der Waals surface area contributed by atoms with E-state index in [1.54, 1.807) is 6.92 Å². The van der Waals surface area contributed by atoms with Crippen LogP contribution in [0.25, 0.3) is 0 Å². The molecule has 2 saturated carbocycles. The minimum absolute atomic E-state index is 0.0173. The lowest BCUT2D eigenvalue weighted by Crippen LogP contribution is -2.40. The van der Waals surface area contributed by atoms with Crippen molar-refractivity contribution in [1.82, 2.24) is 15.3 Å². The second kappa shape index (κ2) is 7.44. The van der Waals surface area contributed by atoms with Gasteiger partial charge in [-0.1, -0.05) is 18.2 Å². The Balaban J connectivity index is 1.58. The number of amides is 1. The highest BCUT2D eigenvalue weighted by atomic mass is 32.2. The van der Waals surface area contributed by atoms with Gasteiger partial charge < -0.3 is 5.32 Å². The number of hydrogen-bond acceptors (Lipinski definition) is 5. The highest BCUT2D eigenvalue weighted by Crippen LogP contribution is 2.49. The zero-order valence-corrected chi connectivity index (χ0v) is 16.3. The first kappa shape index (κ1) is 18.4. The van der Waals surface area contributed by atoms with Crippen LogP contribution in [0.2, 0.25) is 0 Å². The Morgan fingerprint density at radius 1 is 1.24 bits per heavy atom. The molecule has 1 heterocycles. The zero-order chi connectivity index (χ0) is 18.1. The summed E-state index contributed by atoms with van der Waals surface area (Å²) in [6, 6.07) is 0.226. The summed E-state index contributed by atoms with van der Waals surface area (Å²) in [4.78, 5) is 32.9. The fraction of sp³-hybridized carbons (Fsp3) is 0.684. The highest BCUT2D eigenvalue weighted by Gasteiger charge is 2.42. The number of carbonyl (C=O) groups is 2. The summed E-state index contributed by atoms with van der Waals surface area (Å²) in [6.45, 7) is 7.27. The lowest BCUT2D eigenvalue weighted by molar-refractivity contribution is -0.119. The van der Waals surface area contributed by atoms with E-state index < -0.39 is 0 Å². The molecule has 0 spiro atoms. The van der Waals surface area contributed by atoms with Gasteiger partial charge in [0.2, 0.25) is 5.91 Å². The standard InChI is InChI=1S/C19H27N3O2S/c1-10(16-8-14-5-6-15(16)7-14)21-17(24)9-25-19-18(12(3)23)11(2)20-13(4)22-19/h10,14-16H,5-9H2,1-4H3,(H,21,24)/t10-,14+,15+,16+/m1/s1. The Bertz CT molecular complexity index is 691. The smallest absolute Gasteiger partial charge is 0.230 e.